The van der Waals surface area contributed by atoms with E-state index in [-0.39, 0.29) is 24.6 Å². The summed E-state index contributed by atoms with van der Waals surface area (Å²) in [5.74, 6) is 0.329. The average molecular weight is 591 g/mol. The second-order valence-corrected chi connectivity index (χ2v) is 18.6. The molecule has 40 heavy (non-hydrogen) atoms. The van der Waals surface area contributed by atoms with Crippen LogP contribution in [0.3, 0.4) is 0 Å². The van der Waals surface area contributed by atoms with Crippen molar-refractivity contribution in [2.24, 2.45) is 0 Å². The Hall–Kier alpha value is -2.40. The van der Waals surface area contributed by atoms with Crippen LogP contribution < -0.4 is 9.47 Å². The zero-order valence-electron chi connectivity index (χ0n) is 24.0. The highest BCUT2D eigenvalue weighted by Crippen LogP contribution is 2.41. The highest BCUT2D eigenvalue weighted by atomic mass is 32.1. The molecule has 0 radical (unpaired) electrons. The molecule has 1 aromatic carbocycles. The minimum atomic E-state index is -2.92. The molecular weight excluding hydrogens is 550 g/mol. The molecule has 1 aliphatic carbocycles. The molecule has 0 amide bonds. The van der Waals surface area contributed by atoms with Crippen molar-refractivity contribution in [2.75, 3.05) is 13.4 Å². The lowest BCUT2D eigenvalue weighted by atomic mass is 9.91. The van der Waals surface area contributed by atoms with Gasteiger partial charge in [0.05, 0.1) is 6.10 Å². The summed E-state index contributed by atoms with van der Waals surface area (Å²) in [4.78, 5) is 9.93. The van der Waals surface area contributed by atoms with E-state index in [9.17, 15) is 8.78 Å². The Morgan fingerprint density at radius 2 is 1.82 bits per heavy atom. The Bertz CT molecular complexity index is 1220. The predicted molar refractivity (Wildman–Crippen MR) is 156 cm³/mol. The molecule has 1 aliphatic rings. The topological polar surface area (TPSA) is 62.7 Å². The zero-order valence-corrected chi connectivity index (χ0v) is 25.8. The van der Waals surface area contributed by atoms with E-state index in [0.717, 1.165) is 46.3 Å². The normalized spacial score (nSPS) is 15.2. The van der Waals surface area contributed by atoms with Gasteiger partial charge in [-0.1, -0.05) is 25.7 Å². The molecule has 1 saturated carbocycles. The van der Waals surface area contributed by atoms with Gasteiger partial charge in [0.15, 0.2) is 11.5 Å². The van der Waals surface area contributed by atoms with Gasteiger partial charge < -0.3 is 18.9 Å². The fourth-order valence-corrected chi connectivity index (χ4v) is 6.10. The number of halogens is 2. The number of hydrogen-bond donors (Lipinski definition) is 0. The van der Waals surface area contributed by atoms with E-state index in [4.69, 9.17) is 23.9 Å². The number of hydrogen-bond acceptors (Lipinski definition) is 7. The lowest BCUT2D eigenvalue weighted by Gasteiger charge is -2.28. The third-order valence-corrected chi connectivity index (χ3v) is 10.1. The molecule has 1 atom stereocenters. The predicted octanol–water partition coefficient (Wildman–Crippen LogP) is 8.01. The van der Waals surface area contributed by atoms with Gasteiger partial charge in [-0.2, -0.15) is 8.78 Å². The number of nitrogens with zero attached hydrogens (tertiary/aromatic N) is 2. The van der Waals surface area contributed by atoms with Crippen LogP contribution in [0.4, 0.5) is 8.78 Å². The van der Waals surface area contributed by atoms with Gasteiger partial charge in [0.1, 0.15) is 17.4 Å². The molecule has 1 fully saturated rings. The van der Waals surface area contributed by atoms with E-state index >= 15 is 0 Å². The molecule has 218 valence electrons. The minimum Gasteiger partial charge on any atom is -0.487 e. The molecule has 4 rings (SSSR count). The van der Waals surface area contributed by atoms with Gasteiger partial charge >= 0.3 is 6.61 Å². The third-order valence-electron chi connectivity index (χ3n) is 7.00. The second kappa shape index (κ2) is 13.5. The highest BCUT2D eigenvalue weighted by Gasteiger charge is 2.29. The second-order valence-electron chi connectivity index (χ2n) is 11.9. The van der Waals surface area contributed by atoms with Crippen LogP contribution in [0, 0.1) is 0 Å². The van der Waals surface area contributed by atoms with Crippen molar-refractivity contribution in [3.63, 3.8) is 0 Å². The first-order valence-corrected chi connectivity index (χ1v) is 18.3. The number of alkyl halides is 2. The number of pyridine rings is 1. The fraction of sp³-hybridized carbons (Fsp3) is 0.533. The molecule has 6 nitrogen and oxygen atoms in total. The monoisotopic (exact) mass is 590 g/mol. The maximum Gasteiger partial charge on any atom is 0.387 e. The van der Waals surface area contributed by atoms with E-state index in [1.165, 1.54) is 0 Å². The Kier molecular flexibility index (Phi) is 10.3. The number of benzene rings is 1. The van der Waals surface area contributed by atoms with Crippen molar-refractivity contribution >= 4 is 19.4 Å². The van der Waals surface area contributed by atoms with E-state index in [2.05, 4.69) is 24.6 Å². The summed E-state index contributed by atoms with van der Waals surface area (Å²) in [5, 5.41) is 0.847. The van der Waals surface area contributed by atoms with Crippen molar-refractivity contribution in [1.82, 2.24) is 9.97 Å². The van der Waals surface area contributed by atoms with Gasteiger partial charge in [-0.25, -0.2) is 4.98 Å². The molecule has 0 N–H and O–H groups in total. The van der Waals surface area contributed by atoms with Gasteiger partial charge in [0, 0.05) is 44.1 Å². The van der Waals surface area contributed by atoms with Crippen LogP contribution >= 0.6 is 11.3 Å². The summed E-state index contributed by atoms with van der Waals surface area (Å²) in [6.07, 6.45) is 9.03. The van der Waals surface area contributed by atoms with E-state index in [0.29, 0.717) is 18.8 Å². The van der Waals surface area contributed by atoms with E-state index < -0.39 is 20.3 Å². The molecule has 3 aromatic rings. The van der Waals surface area contributed by atoms with E-state index in [1.807, 2.05) is 44.3 Å². The van der Waals surface area contributed by atoms with Gasteiger partial charge in [-0.3, -0.25) is 4.98 Å². The Balaban J connectivity index is 1.57. The maximum absolute atomic E-state index is 13.1. The summed E-state index contributed by atoms with van der Waals surface area (Å²) in [6.45, 7) is 8.94. The smallest absolute Gasteiger partial charge is 0.387 e. The van der Waals surface area contributed by atoms with Crippen LogP contribution in [0.25, 0.3) is 0 Å². The quantitative estimate of drug-likeness (QED) is 0.102. The minimum absolute atomic E-state index is 0.0230. The SMILES string of the molecule is CC(C)(OCOCC[Si](C)(C)C)c1ncc([C@@H](Cc2ccncc2)c2ccc(OC(F)F)c(OC3CCC3)c2)s1. The lowest BCUT2D eigenvalue weighted by molar-refractivity contribution is -0.129. The molecule has 2 aromatic heterocycles. The molecule has 0 unspecified atom stereocenters. The molecule has 0 spiro atoms. The van der Waals surface area contributed by atoms with Crippen molar-refractivity contribution in [3.05, 3.63) is 69.9 Å². The van der Waals surface area contributed by atoms with Crippen LogP contribution in [-0.2, 0) is 21.5 Å². The lowest BCUT2D eigenvalue weighted by Crippen LogP contribution is -2.25. The largest absolute Gasteiger partial charge is 0.487 e. The number of aromatic nitrogens is 2. The highest BCUT2D eigenvalue weighted by molar-refractivity contribution is 7.11. The van der Waals surface area contributed by atoms with Crippen molar-refractivity contribution < 1.29 is 27.7 Å². The Labute approximate surface area is 241 Å². The first-order valence-electron chi connectivity index (χ1n) is 13.8. The number of ether oxygens (including phenoxy) is 4. The summed E-state index contributed by atoms with van der Waals surface area (Å²) >= 11 is 1.59. The van der Waals surface area contributed by atoms with Gasteiger partial charge in [-0.15, -0.1) is 11.3 Å². The van der Waals surface area contributed by atoms with Crippen LogP contribution in [0.5, 0.6) is 11.5 Å². The van der Waals surface area contributed by atoms with Gasteiger partial charge in [0.25, 0.3) is 0 Å². The first kappa shape index (κ1) is 30.6. The zero-order chi connectivity index (χ0) is 28.8. The average Bonchev–Trinajstić information content (AvgIpc) is 3.36. The molecule has 2 heterocycles. The van der Waals surface area contributed by atoms with E-state index in [1.54, 1.807) is 29.8 Å². The fourth-order valence-electron chi connectivity index (χ4n) is 4.25. The van der Waals surface area contributed by atoms with Gasteiger partial charge in [-0.05, 0) is 81.0 Å². The van der Waals surface area contributed by atoms with Crippen LogP contribution in [-0.4, -0.2) is 44.2 Å². The first-order chi connectivity index (χ1) is 19.0. The molecule has 0 bridgehead atoms. The summed E-state index contributed by atoms with van der Waals surface area (Å²) < 4.78 is 49.0. The van der Waals surface area contributed by atoms with Crippen molar-refractivity contribution in [2.45, 2.75) is 89.5 Å². The summed E-state index contributed by atoms with van der Waals surface area (Å²) in [6, 6.07) is 10.3. The molecule has 0 saturated heterocycles. The summed E-state index contributed by atoms with van der Waals surface area (Å²) in [5.41, 5.74) is 1.42. The molecular formula is C30H40F2N2O4SSi. The Morgan fingerprint density at radius 3 is 2.48 bits per heavy atom. The van der Waals surface area contributed by atoms with Crippen LogP contribution in [0.2, 0.25) is 25.7 Å². The summed E-state index contributed by atoms with van der Waals surface area (Å²) in [7, 11) is -1.16. The standard InChI is InChI=1S/C30H40F2N2O4SSi/c1-30(2,36-20-35-15-16-40(3,4)5)28-34-19-27(39-28)24(17-21-11-13-33-14-12-21)22-9-10-25(38-29(31)32)26(18-22)37-23-7-6-8-23/h9-14,18-19,23-24,29H,6-8,15-17,20H2,1-5H3/t24-/m0/s1. The van der Waals surface area contributed by atoms with Crippen LogP contribution in [0.15, 0.2) is 48.9 Å². The van der Waals surface area contributed by atoms with Gasteiger partial charge in [0.2, 0.25) is 0 Å². The molecule has 10 heteroatoms. The van der Waals surface area contributed by atoms with Crippen molar-refractivity contribution in [1.29, 1.82) is 0 Å². The number of rotatable bonds is 15. The third kappa shape index (κ3) is 8.80. The molecule has 0 aliphatic heterocycles. The maximum atomic E-state index is 13.1. The van der Waals surface area contributed by atoms with Crippen LogP contribution in [0.1, 0.15) is 60.0 Å². The van der Waals surface area contributed by atoms with Crippen molar-refractivity contribution in [3.8, 4) is 11.5 Å². The number of thiazole rings is 1. The Morgan fingerprint density at radius 1 is 1.07 bits per heavy atom.